The first-order valence-corrected chi connectivity index (χ1v) is 6.63. The van der Waals surface area contributed by atoms with Gasteiger partial charge in [-0.25, -0.2) is 0 Å². The number of hydrogen-bond donors (Lipinski definition) is 0. The Labute approximate surface area is 112 Å². The number of nitro groups is 1. The highest BCUT2D eigenvalue weighted by molar-refractivity contribution is 5.17. The molecule has 0 amide bonds. The molecule has 1 unspecified atom stereocenters. The van der Waals surface area contributed by atoms with Gasteiger partial charge in [0.15, 0.2) is 6.29 Å². The maximum atomic E-state index is 10.8. The molecule has 3 atom stereocenters. The van der Waals surface area contributed by atoms with Crippen molar-refractivity contribution < 1.29 is 14.4 Å². The van der Waals surface area contributed by atoms with Gasteiger partial charge in [-0.3, -0.25) is 10.1 Å². The smallest absolute Gasteiger partial charge is 0.233 e. The molecule has 0 saturated carbocycles. The van der Waals surface area contributed by atoms with Crippen molar-refractivity contribution in [2.24, 2.45) is 0 Å². The summed E-state index contributed by atoms with van der Waals surface area (Å²) in [4.78, 5) is 10.4. The maximum absolute atomic E-state index is 10.8. The Bertz CT molecular complexity index is 409. The van der Waals surface area contributed by atoms with Crippen LogP contribution in [-0.4, -0.2) is 23.9 Å². The average Bonchev–Trinajstić information content (AvgIpc) is 2.38. The number of rotatable bonds is 5. The van der Waals surface area contributed by atoms with Crippen LogP contribution in [-0.2, 0) is 9.47 Å². The fourth-order valence-corrected chi connectivity index (χ4v) is 2.28. The van der Waals surface area contributed by atoms with Gasteiger partial charge in [0.05, 0.1) is 6.10 Å². The topological polar surface area (TPSA) is 61.6 Å². The number of ether oxygens (including phenoxy) is 2. The molecular formula is C14H19NO4. The summed E-state index contributed by atoms with van der Waals surface area (Å²) in [6, 6.07) is 9.29. The molecule has 2 rings (SSSR count). The van der Waals surface area contributed by atoms with Gasteiger partial charge in [0.25, 0.3) is 0 Å². The van der Waals surface area contributed by atoms with Crippen molar-refractivity contribution in [3.05, 3.63) is 46.0 Å². The van der Waals surface area contributed by atoms with Gasteiger partial charge in [0.2, 0.25) is 6.54 Å². The first-order valence-electron chi connectivity index (χ1n) is 6.63. The molecule has 1 saturated heterocycles. The van der Waals surface area contributed by atoms with E-state index < -0.39 is 6.10 Å². The lowest BCUT2D eigenvalue weighted by Crippen LogP contribution is -2.31. The van der Waals surface area contributed by atoms with E-state index in [1.807, 2.05) is 37.3 Å². The second kappa shape index (κ2) is 6.63. The van der Waals surface area contributed by atoms with E-state index in [4.69, 9.17) is 9.47 Å². The molecule has 5 heteroatoms. The lowest BCUT2D eigenvalue weighted by molar-refractivity contribution is -0.496. The zero-order valence-electron chi connectivity index (χ0n) is 11.0. The van der Waals surface area contributed by atoms with Crippen LogP contribution < -0.4 is 0 Å². The van der Waals surface area contributed by atoms with E-state index in [-0.39, 0.29) is 23.9 Å². The first-order chi connectivity index (χ1) is 9.15. The van der Waals surface area contributed by atoms with Gasteiger partial charge in [-0.1, -0.05) is 30.3 Å². The summed E-state index contributed by atoms with van der Waals surface area (Å²) in [5, 5.41) is 10.8. The lowest BCUT2D eigenvalue weighted by atomic mass is 10.1. The Hall–Kier alpha value is -1.46. The summed E-state index contributed by atoms with van der Waals surface area (Å²) >= 11 is 0. The highest BCUT2D eigenvalue weighted by Gasteiger charge is 2.26. The van der Waals surface area contributed by atoms with Crippen LogP contribution in [0.3, 0.4) is 0 Å². The Morgan fingerprint density at radius 2 is 2.16 bits per heavy atom. The minimum absolute atomic E-state index is 0.158. The average molecular weight is 265 g/mol. The van der Waals surface area contributed by atoms with E-state index in [9.17, 15) is 10.1 Å². The predicted molar refractivity (Wildman–Crippen MR) is 70.3 cm³/mol. The van der Waals surface area contributed by atoms with Crippen molar-refractivity contribution in [3.8, 4) is 0 Å². The summed E-state index contributed by atoms with van der Waals surface area (Å²) in [7, 11) is 0. The third-order valence-electron chi connectivity index (χ3n) is 3.24. The van der Waals surface area contributed by atoms with Gasteiger partial charge in [-0.2, -0.15) is 0 Å². The van der Waals surface area contributed by atoms with Crippen LogP contribution >= 0.6 is 0 Å². The van der Waals surface area contributed by atoms with E-state index in [0.717, 1.165) is 24.8 Å². The molecule has 1 aliphatic heterocycles. The highest BCUT2D eigenvalue weighted by atomic mass is 16.7. The molecule has 5 nitrogen and oxygen atoms in total. The van der Waals surface area contributed by atoms with Gasteiger partial charge >= 0.3 is 0 Å². The molecule has 1 aromatic rings. The van der Waals surface area contributed by atoms with Gasteiger partial charge < -0.3 is 9.47 Å². The quantitative estimate of drug-likeness (QED) is 0.606. The second-order valence-electron chi connectivity index (χ2n) is 4.86. The summed E-state index contributed by atoms with van der Waals surface area (Å²) in [5.41, 5.74) is 0.820. The van der Waals surface area contributed by atoms with Crippen molar-refractivity contribution in [1.29, 1.82) is 0 Å². The van der Waals surface area contributed by atoms with E-state index in [2.05, 4.69) is 0 Å². The van der Waals surface area contributed by atoms with Crippen LogP contribution in [0.25, 0.3) is 0 Å². The summed E-state index contributed by atoms with van der Waals surface area (Å²) in [6.07, 6.45) is 2.12. The fourth-order valence-electron chi connectivity index (χ4n) is 2.28. The normalized spacial score (nSPS) is 24.9. The van der Waals surface area contributed by atoms with Crippen molar-refractivity contribution in [3.63, 3.8) is 0 Å². The summed E-state index contributed by atoms with van der Waals surface area (Å²) in [5.74, 6) is 0. The minimum Gasteiger partial charge on any atom is -0.350 e. The Balaban J connectivity index is 2.03. The molecule has 0 aromatic heterocycles. The van der Waals surface area contributed by atoms with Crippen molar-refractivity contribution in [2.45, 2.75) is 44.7 Å². The summed E-state index contributed by atoms with van der Waals surface area (Å²) < 4.78 is 11.5. The fraction of sp³-hybridized carbons (Fsp3) is 0.571. The second-order valence-corrected chi connectivity index (χ2v) is 4.86. The Kier molecular flexibility index (Phi) is 4.87. The van der Waals surface area contributed by atoms with E-state index in [1.165, 1.54) is 0 Å². The molecule has 0 N–H and O–H groups in total. The Morgan fingerprint density at radius 3 is 2.79 bits per heavy atom. The zero-order chi connectivity index (χ0) is 13.7. The number of nitrogens with zero attached hydrogens (tertiary/aromatic N) is 1. The van der Waals surface area contributed by atoms with Gasteiger partial charge in [-0.05, 0) is 31.7 Å². The third kappa shape index (κ3) is 4.29. The monoisotopic (exact) mass is 265 g/mol. The molecule has 1 fully saturated rings. The summed E-state index contributed by atoms with van der Waals surface area (Å²) in [6.45, 7) is 1.76. The molecule has 1 heterocycles. The molecule has 19 heavy (non-hydrogen) atoms. The van der Waals surface area contributed by atoms with E-state index >= 15 is 0 Å². The zero-order valence-corrected chi connectivity index (χ0v) is 11.0. The SMILES string of the molecule is C[C@@H]1CCCC(O[C@@H](C[N+](=O)[O-])c2ccccc2)O1. The molecular weight excluding hydrogens is 246 g/mol. The highest BCUT2D eigenvalue weighted by Crippen LogP contribution is 2.26. The minimum atomic E-state index is -0.550. The van der Waals surface area contributed by atoms with Crippen LogP contribution in [0.4, 0.5) is 0 Å². The lowest BCUT2D eigenvalue weighted by Gasteiger charge is -2.30. The van der Waals surface area contributed by atoms with Crippen LogP contribution in [0.5, 0.6) is 0 Å². The largest absolute Gasteiger partial charge is 0.350 e. The molecule has 104 valence electrons. The van der Waals surface area contributed by atoms with Crippen LogP contribution in [0.2, 0.25) is 0 Å². The molecule has 0 bridgehead atoms. The van der Waals surface area contributed by atoms with Crippen LogP contribution in [0, 0.1) is 10.1 Å². The molecule has 0 spiro atoms. The first kappa shape index (κ1) is 14.0. The van der Waals surface area contributed by atoms with Crippen LogP contribution in [0.15, 0.2) is 30.3 Å². The number of hydrogen-bond acceptors (Lipinski definition) is 4. The number of benzene rings is 1. The van der Waals surface area contributed by atoms with Gasteiger partial charge in [0.1, 0.15) is 6.10 Å². The molecule has 1 aliphatic rings. The molecule has 0 radical (unpaired) electrons. The predicted octanol–water partition coefficient (Wildman–Crippen LogP) is 2.94. The van der Waals surface area contributed by atoms with Crippen molar-refractivity contribution >= 4 is 0 Å². The maximum Gasteiger partial charge on any atom is 0.233 e. The van der Waals surface area contributed by atoms with Crippen molar-refractivity contribution in [2.75, 3.05) is 6.54 Å². The van der Waals surface area contributed by atoms with Crippen LogP contribution in [0.1, 0.15) is 37.9 Å². The Morgan fingerprint density at radius 1 is 1.42 bits per heavy atom. The molecule has 1 aromatic carbocycles. The van der Waals surface area contributed by atoms with E-state index in [0.29, 0.717) is 0 Å². The third-order valence-corrected chi connectivity index (χ3v) is 3.24. The van der Waals surface area contributed by atoms with Gasteiger partial charge in [-0.15, -0.1) is 0 Å². The van der Waals surface area contributed by atoms with Gasteiger partial charge in [0, 0.05) is 4.92 Å². The standard InChI is InChI=1S/C14H19NO4/c1-11-6-5-9-14(18-11)19-13(10-15(16)17)12-7-3-2-4-8-12/h2-4,7-8,11,13-14H,5-6,9-10H2,1H3/t11-,13+,14?/m1/s1. The molecule has 0 aliphatic carbocycles. The van der Waals surface area contributed by atoms with E-state index in [1.54, 1.807) is 0 Å². The van der Waals surface area contributed by atoms with Crippen molar-refractivity contribution in [1.82, 2.24) is 0 Å².